The summed E-state index contributed by atoms with van der Waals surface area (Å²) in [6, 6.07) is 10.2. The lowest BCUT2D eigenvalue weighted by molar-refractivity contribution is 0.0938. The van der Waals surface area contributed by atoms with E-state index in [1.807, 2.05) is 36.5 Å². The molecular formula is C23H31N5O. The highest BCUT2D eigenvalue weighted by Gasteiger charge is 2.18. The van der Waals surface area contributed by atoms with Crippen molar-refractivity contribution in [1.29, 1.82) is 0 Å². The van der Waals surface area contributed by atoms with Crippen LogP contribution in [0.15, 0.2) is 36.5 Å². The first kappa shape index (κ1) is 19.8. The van der Waals surface area contributed by atoms with E-state index in [4.69, 9.17) is 4.98 Å². The third kappa shape index (κ3) is 4.93. The van der Waals surface area contributed by atoms with Gasteiger partial charge in [-0.05, 0) is 57.4 Å². The van der Waals surface area contributed by atoms with Gasteiger partial charge in [-0.3, -0.25) is 9.69 Å². The number of anilines is 1. The fraction of sp³-hybridized carbons (Fsp3) is 0.522. The molecule has 1 atom stereocenters. The van der Waals surface area contributed by atoms with E-state index in [1.54, 1.807) is 0 Å². The van der Waals surface area contributed by atoms with Crippen LogP contribution >= 0.6 is 0 Å². The summed E-state index contributed by atoms with van der Waals surface area (Å²) in [5, 5.41) is 3.06. The maximum Gasteiger partial charge on any atom is 0.251 e. The molecule has 0 bridgehead atoms. The smallest absolute Gasteiger partial charge is 0.251 e. The Morgan fingerprint density at radius 3 is 2.59 bits per heavy atom. The maximum atomic E-state index is 12.5. The van der Waals surface area contributed by atoms with Crippen LogP contribution in [0.2, 0.25) is 0 Å². The number of likely N-dealkylation sites (tertiary alicyclic amines) is 1. The first-order valence-electron chi connectivity index (χ1n) is 10.9. The van der Waals surface area contributed by atoms with Crippen LogP contribution in [0.1, 0.15) is 49.4 Å². The summed E-state index contributed by atoms with van der Waals surface area (Å²) in [5.74, 6) is 0.787. The number of piperidine rings is 1. The molecule has 6 heteroatoms. The highest BCUT2D eigenvalue weighted by atomic mass is 16.1. The number of aromatic nitrogens is 2. The van der Waals surface area contributed by atoms with Crippen molar-refractivity contribution in [2.24, 2.45) is 0 Å². The highest BCUT2D eigenvalue weighted by Crippen LogP contribution is 2.22. The average Bonchev–Trinajstić information content (AvgIpc) is 3.30. The van der Waals surface area contributed by atoms with Crippen LogP contribution in [0.3, 0.4) is 0 Å². The lowest BCUT2D eigenvalue weighted by Gasteiger charge is -2.33. The Morgan fingerprint density at radius 2 is 1.83 bits per heavy atom. The highest BCUT2D eigenvalue weighted by molar-refractivity contribution is 5.94. The van der Waals surface area contributed by atoms with E-state index < -0.39 is 0 Å². The van der Waals surface area contributed by atoms with Crippen molar-refractivity contribution < 1.29 is 4.79 Å². The molecule has 2 aliphatic rings. The van der Waals surface area contributed by atoms with Crippen LogP contribution < -0.4 is 10.2 Å². The molecule has 0 saturated carbocycles. The Hall–Kier alpha value is -2.47. The van der Waals surface area contributed by atoms with E-state index in [2.05, 4.69) is 27.0 Å². The molecule has 1 unspecified atom stereocenters. The van der Waals surface area contributed by atoms with Crippen LogP contribution in [0.25, 0.3) is 11.3 Å². The Balaban J connectivity index is 1.34. The van der Waals surface area contributed by atoms with Gasteiger partial charge in [0.05, 0.1) is 5.69 Å². The Kier molecular flexibility index (Phi) is 6.39. The third-order valence-electron chi connectivity index (χ3n) is 6.10. The molecule has 2 saturated heterocycles. The summed E-state index contributed by atoms with van der Waals surface area (Å²) in [7, 11) is 0. The molecule has 29 heavy (non-hydrogen) atoms. The minimum atomic E-state index is -0.0124. The second-order valence-electron chi connectivity index (χ2n) is 8.15. The molecule has 1 aromatic carbocycles. The van der Waals surface area contributed by atoms with Crippen molar-refractivity contribution >= 4 is 11.9 Å². The SMILES string of the molecule is CC1CCCCN1CCNC(=O)c1ccc(-c2ccnc(N3CCCC3)n2)cc1. The second kappa shape index (κ2) is 9.35. The molecule has 0 radical (unpaired) electrons. The van der Waals surface area contributed by atoms with Crippen LogP contribution in [0.4, 0.5) is 5.95 Å². The molecule has 1 N–H and O–H groups in total. The van der Waals surface area contributed by atoms with Crippen molar-refractivity contribution in [3.05, 3.63) is 42.1 Å². The Morgan fingerprint density at radius 1 is 1.07 bits per heavy atom. The van der Waals surface area contributed by atoms with Gasteiger partial charge in [0.15, 0.2) is 0 Å². The van der Waals surface area contributed by atoms with Crippen molar-refractivity contribution in [2.45, 2.75) is 45.1 Å². The van der Waals surface area contributed by atoms with Gasteiger partial charge in [-0.15, -0.1) is 0 Å². The summed E-state index contributed by atoms with van der Waals surface area (Å²) in [6.45, 7) is 7.09. The maximum absolute atomic E-state index is 12.5. The van der Waals surface area contributed by atoms with E-state index in [0.717, 1.165) is 43.4 Å². The molecule has 4 rings (SSSR count). The van der Waals surface area contributed by atoms with Gasteiger partial charge >= 0.3 is 0 Å². The lowest BCUT2D eigenvalue weighted by Crippen LogP contribution is -2.42. The fourth-order valence-corrected chi connectivity index (χ4v) is 4.28. The molecule has 154 valence electrons. The van der Waals surface area contributed by atoms with Crippen molar-refractivity contribution in [1.82, 2.24) is 20.2 Å². The third-order valence-corrected chi connectivity index (χ3v) is 6.10. The second-order valence-corrected chi connectivity index (χ2v) is 8.15. The lowest BCUT2D eigenvalue weighted by atomic mass is 10.0. The number of benzene rings is 1. The number of carbonyl (C=O) groups is 1. The predicted octanol–water partition coefficient (Wildman–Crippen LogP) is 3.35. The van der Waals surface area contributed by atoms with Crippen molar-refractivity contribution in [3.8, 4) is 11.3 Å². The van der Waals surface area contributed by atoms with Gasteiger partial charge in [0.2, 0.25) is 5.95 Å². The van der Waals surface area contributed by atoms with Crippen molar-refractivity contribution in [2.75, 3.05) is 37.6 Å². The monoisotopic (exact) mass is 393 g/mol. The van der Waals surface area contributed by atoms with Gasteiger partial charge in [-0.2, -0.15) is 0 Å². The number of nitrogens with zero attached hydrogens (tertiary/aromatic N) is 4. The van der Waals surface area contributed by atoms with E-state index in [1.165, 1.54) is 32.1 Å². The number of hydrogen-bond donors (Lipinski definition) is 1. The van der Waals surface area contributed by atoms with Gasteiger partial charge in [0, 0.05) is 49.5 Å². The molecule has 2 aliphatic heterocycles. The fourth-order valence-electron chi connectivity index (χ4n) is 4.28. The molecule has 1 aromatic heterocycles. The minimum absolute atomic E-state index is 0.0124. The molecule has 2 aromatic rings. The summed E-state index contributed by atoms with van der Waals surface area (Å²) in [6.07, 6.45) is 8.07. The van der Waals surface area contributed by atoms with Crippen LogP contribution in [-0.2, 0) is 0 Å². The van der Waals surface area contributed by atoms with Gasteiger partial charge in [0.25, 0.3) is 5.91 Å². The van der Waals surface area contributed by atoms with Gasteiger partial charge < -0.3 is 10.2 Å². The van der Waals surface area contributed by atoms with Crippen LogP contribution in [-0.4, -0.2) is 59.5 Å². The Labute approximate surface area is 173 Å². The first-order chi connectivity index (χ1) is 14.2. The Bertz CT molecular complexity index is 816. The zero-order valence-corrected chi connectivity index (χ0v) is 17.3. The number of nitrogens with one attached hydrogen (secondary N) is 1. The largest absolute Gasteiger partial charge is 0.351 e. The zero-order chi connectivity index (χ0) is 20.1. The minimum Gasteiger partial charge on any atom is -0.351 e. The molecule has 0 aliphatic carbocycles. The van der Waals surface area contributed by atoms with Crippen LogP contribution in [0.5, 0.6) is 0 Å². The number of hydrogen-bond acceptors (Lipinski definition) is 5. The molecular weight excluding hydrogens is 362 g/mol. The zero-order valence-electron chi connectivity index (χ0n) is 17.3. The summed E-state index contributed by atoms with van der Waals surface area (Å²) in [5.41, 5.74) is 2.59. The summed E-state index contributed by atoms with van der Waals surface area (Å²) in [4.78, 5) is 26.3. The predicted molar refractivity (Wildman–Crippen MR) is 116 cm³/mol. The summed E-state index contributed by atoms with van der Waals surface area (Å²) < 4.78 is 0. The standard InChI is InChI=1S/C23H31N5O/c1-18-6-2-3-14-27(18)17-13-24-22(29)20-9-7-19(8-10-20)21-11-12-25-23(26-21)28-15-4-5-16-28/h7-12,18H,2-6,13-17H2,1H3,(H,24,29). The summed E-state index contributed by atoms with van der Waals surface area (Å²) >= 11 is 0. The van der Waals surface area contributed by atoms with E-state index in [0.29, 0.717) is 18.2 Å². The normalized spacial score (nSPS) is 20.0. The molecule has 0 spiro atoms. The number of rotatable bonds is 6. The van der Waals surface area contributed by atoms with E-state index in [9.17, 15) is 4.79 Å². The van der Waals surface area contributed by atoms with Crippen molar-refractivity contribution in [3.63, 3.8) is 0 Å². The van der Waals surface area contributed by atoms with Gasteiger partial charge in [0.1, 0.15) is 0 Å². The molecule has 2 fully saturated rings. The van der Waals surface area contributed by atoms with E-state index >= 15 is 0 Å². The number of carbonyl (C=O) groups excluding carboxylic acids is 1. The van der Waals surface area contributed by atoms with Crippen LogP contribution in [0, 0.1) is 0 Å². The quantitative estimate of drug-likeness (QED) is 0.816. The van der Waals surface area contributed by atoms with Gasteiger partial charge in [-0.1, -0.05) is 18.6 Å². The van der Waals surface area contributed by atoms with E-state index in [-0.39, 0.29) is 5.91 Å². The first-order valence-corrected chi connectivity index (χ1v) is 10.9. The topological polar surface area (TPSA) is 61.4 Å². The molecule has 1 amide bonds. The number of amides is 1. The molecule has 6 nitrogen and oxygen atoms in total. The molecule has 3 heterocycles. The average molecular weight is 394 g/mol. The van der Waals surface area contributed by atoms with Gasteiger partial charge in [-0.25, -0.2) is 9.97 Å².